The van der Waals surface area contributed by atoms with Gasteiger partial charge in [0.15, 0.2) is 11.6 Å². The Morgan fingerprint density at radius 1 is 0.684 bits per heavy atom. The number of carboxylic acids is 1. The average molecular weight is 1370 g/mol. The largest absolute Gasteiger partial charge is 0.481 e. The summed E-state index contributed by atoms with van der Waals surface area (Å²) in [7, 11) is 6.15. The van der Waals surface area contributed by atoms with E-state index < -0.39 is 144 Å². The Labute approximate surface area is 577 Å². The predicted octanol–water partition coefficient (Wildman–Crippen LogP) is 7.44. The number of imide groups is 1. The Bertz CT molecular complexity index is 3100. The number of ketones is 4. The van der Waals surface area contributed by atoms with Gasteiger partial charge in [-0.2, -0.15) is 0 Å². The minimum Gasteiger partial charge on any atom is -0.481 e. The molecule has 2 heterocycles. The van der Waals surface area contributed by atoms with Gasteiger partial charge in [-0.3, -0.25) is 62.4 Å². The number of aliphatic carboxylic acids is 1. The molecule has 25 heteroatoms. The summed E-state index contributed by atoms with van der Waals surface area (Å²) in [6.07, 6.45) is -1.57. The van der Waals surface area contributed by atoms with Crippen molar-refractivity contribution in [3.63, 3.8) is 0 Å². The summed E-state index contributed by atoms with van der Waals surface area (Å²) in [6, 6.07) is 11.9. The highest BCUT2D eigenvalue weighted by Crippen LogP contribution is 2.34. The highest BCUT2D eigenvalue weighted by molar-refractivity contribution is 6.13. The molecule has 0 aliphatic carbocycles. The van der Waals surface area contributed by atoms with E-state index in [0.29, 0.717) is 31.4 Å². The lowest BCUT2D eigenvalue weighted by molar-refractivity contribution is -0.149. The molecule has 0 unspecified atom stereocenters. The molecule has 25 nitrogen and oxygen atoms in total. The Morgan fingerprint density at radius 3 is 1.86 bits per heavy atom. The van der Waals surface area contributed by atoms with Gasteiger partial charge in [-0.05, 0) is 78.5 Å². The van der Waals surface area contributed by atoms with E-state index in [9.17, 15) is 72.5 Å². The molecule has 6 N–H and O–H groups in total. The summed E-state index contributed by atoms with van der Waals surface area (Å²) in [4.78, 5) is 179. The van der Waals surface area contributed by atoms with E-state index >= 15 is 0 Å². The van der Waals surface area contributed by atoms with Gasteiger partial charge in [0.25, 0.3) is 11.8 Å². The molecule has 2 aliphatic heterocycles. The lowest BCUT2D eigenvalue weighted by atomic mass is 9.83. The average Bonchev–Trinajstić information content (AvgIpc) is 1.31. The number of methoxy groups -OCH3 is 2. The third-order valence-electron chi connectivity index (χ3n) is 19.4. The van der Waals surface area contributed by atoms with Crippen molar-refractivity contribution in [2.75, 3.05) is 46.7 Å². The van der Waals surface area contributed by atoms with E-state index in [-0.39, 0.29) is 111 Å². The number of hydrogen-bond acceptors (Lipinski definition) is 17. The number of Topliss-reactive ketones (excluding diaryl/α,β-unsaturated/α-hetero) is 4. The van der Waals surface area contributed by atoms with Gasteiger partial charge >= 0.3 is 12.1 Å². The number of aliphatic hydroxyl groups excluding tert-OH is 1. The van der Waals surface area contributed by atoms with E-state index in [1.54, 1.807) is 63.6 Å². The van der Waals surface area contributed by atoms with E-state index in [2.05, 4.69) is 10.6 Å². The zero-order chi connectivity index (χ0) is 73.4. The number of nitrogens with two attached hydrogens (primary N) is 1. The first-order chi connectivity index (χ1) is 46.2. The molecule has 0 saturated carbocycles. The first-order valence-electron chi connectivity index (χ1n) is 34.3. The van der Waals surface area contributed by atoms with E-state index in [1.807, 2.05) is 65.0 Å². The monoisotopic (exact) mass is 1370 g/mol. The minimum atomic E-state index is -1.36. The molecule has 1 saturated heterocycles. The zero-order valence-electron chi connectivity index (χ0n) is 59.7. The third-order valence-corrected chi connectivity index (χ3v) is 19.4. The standard InChI is InChI=1S/C73H107N7O18/c1-15-45(8)67(60(96-13)40-64(88)79-34-19-22-56(79)69(97-14)47(10)57(82)36-46(9)68(91)49-20-17-16-18-21-49)77(11)72(94)54(43(4)5)39-59(84)66(44(6)7)78(12)73(95)98-41-48-23-26-51(27-24-48)75-70(92)50(25-32-65(89)90)37-58(83)55(28-29-61(74)85)76-71(93)53(42(2)3)38-52(81)33-35-80-62(86)30-31-63(80)87/h16-18,20-21,23-24,26-27,30-31,42-47,50,53-56,60,66-69,91H,15,19,22,25,28-29,32-41H2,1-14H3,(H2,74,85)(H,75,92)(H,76,93)(H,89,90)/t45-,46-,47-,50+,53-,54-,55-,56-,60+,66-,67-,68+,69+/m0/s1. The first-order valence-corrected chi connectivity index (χ1v) is 34.3. The van der Waals surface area contributed by atoms with Crippen LogP contribution in [0, 0.1) is 53.3 Å². The predicted molar refractivity (Wildman–Crippen MR) is 365 cm³/mol. The molecule has 0 bridgehead atoms. The number of rotatable bonds is 43. The molecule has 13 atom stereocenters. The van der Waals surface area contributed by atoms with Gasteiger partial charge in [0, 0.05) is 128 Å². The highest BCUT2D eigenvalue weighted by atomic mass is 16.6. The van der Waals surface area contributed by atoms with Gasteiger partial charge in [-0.25, -0.2) is 4.79 Å². The summed E-state index contributed by atoms with van der Waals surface area (Å²) in [5.74, 6) is -12.1. The van der Waals surface area contributed by atoms with Crippen molar-refractivity contribution in [1.82, 2.24) is 24.9 Å². The van der Waals surface area contributed by atoms with Crippen LogP contribution in [0.15, 0.2) is 66.7 Å². The van der Waals surface area contributed by atoms with Crippen LogP contribution in [0.25, 0.3) is 0 Å². The van der Waals surface area contributed by atoms with Gasteiger partial charge in [0.1, 0.15) is 18.2 Å². The van der Waals surface area contributed by atoms with Crippen LogP contribution in [-0.2, 0) is 78.4 Å². The number of carbonyl (C=O) groups is 13. The van der Waals surface area contributed by atoms with E-state index in [0.717, 1.165) is 22.6 Å². The third kappa shape index (κ3) is 23.9. The fourth-order valence-electron chi connectivity index (χ4n) is 13.2. The molecule has 0 radical (unpaired) electrons. The summed E-state index contributed by atoms with van der Waals surface area (Å²) in [5, 5.41) is 25.9. The van der Waals surface area contributed by atoms with E-state index in [4.69, 9.17) is 19.9 Å². The van der Waals surface area contributed by atoms with Crippen molar-refractivity contribution in [2.45, 2.75) is 202 Å². The molecule has 2 aromatic rings. The number of likely N-dealkylation sites (N-methyl/N-ethyl adjacent to an activating group) is 2. The van der Waals surface area contributed by atoms with Gasteiger partial charge in [0.05, 0.1) is 48.9 Å². The molecule has 1 fully saturated rings. The Kier molecular flexibility index (Phi) is 33.2. The second-order valence-electron chi connectivity index (χ2n) is 27.5. The molecular formula is C73H107N7O18. The van der Waals surface area contributed by atoms with Gasteiger partial charge in [-0.15, -0.1) is 0 Å². The number of nitrogens with one attached hydrogen (secondary N) is 2. The van der Waals surface area contributed by atoms with Crippen molar-refractivity contribution in [1.29, 1.82) is 0 Å². The number of amides is 8. The van der Waals surface area contributed by atoms with Crippen molar-refractivity contribution in [3.8, 4) is 0 Å². The second kappa shape index (κ2) is 39.5. The molecular weight excluding hydrogens is 1260 g/mol. The number of anilines is 1. The van der Waals surface area contributed by atoms with Crippen LogP contribution in [0.5, 0.6) is 0 Å². The molecule has 0 spiro atoms. The summed E-state index contributed by atoms with van der Waals surface area (Å²) < 4.78 is 17.8. The topological polar surface area (TPSA) is 353 Å². The smallest absolute Gasteiger partial charge is 0.410 e. The maximum atomic E-state index is 14.9. The van der Waals surface area contributed by atoms with Crippen LogP contribution in [0.3, 0.4) is 0 Å². The fourth-order valence-corrected chi connectivity index (χ4v) is 13.2. The Hall–Kier alpha value is -8.03. The van der Waals surface area contributed by atoms with Crippen LogP contribution in [0.2, 0.25) is 0 Å². The molecule has 8 amide bonds. The molecule has 2 aromatic carbocycles. The Morgan fingerprint density at radius 2 is 1.31 bits per heavy atom. The lowest BCUT2D eigenvalue weighted by Gasteiger charge is -2.41. The number of ether oxygens (including phenoxy) is 3. The lowest BCUT2D eigenvalue weighted by Crippen LogP contribution is -2.54. The summed E-state index contributed by atoms with van der Waals surface area (Å²) >= 11 is 0. The highest BCUT2D eigenvalue weighted by Gasteiger charge is 2.44. The van der Waals surface area contributed by atoms with Crippen LogP contribution < -0.4 is 16.4 Å². The maximum Gasteiger partial charge on any atom is 0.410 e. The molecule has 2 aliphatic rings. The quantitative estimate of drug-likeness (QED) is 0.0403. The van der Waals surface area contributed by atoms with Crippen LogP contribution in [0.4, 0.5) is 10.5 Å². The van der Waals surface area contributed by atoms with Gasteiger partial charge in [0.2, 0.25) is 29.5 Å². The molecule has 98 heavy (non-hydrogen) atoms. The minimum absolute atomic E-state index is 0.0754. The number of carboxylic acid groups (broad SMARTS) is 1. The molecule has 4 rings (SSSR count). The maximum absolute atomic E-state index is 14.9. The van der Waals surface area contributed by atoms with Gasteiger partial charge < -0.3 is 55.5 Å². The number of hydrogen-bond donors (Lipinski definition) is 5. The first kappa shape index (κ1) is 82.4. The normalized spacial score (nSPS) is 17.6. The number of benzene rings is 2. The van der Waals surface area contributed by atoms with Gasteiger partial charge in [-0.1, -0.05) is 118 Å². The van der Waals surface area contributed by atoms with Crippen molar-refractivity contribution < 1.29 is 86.8 Å². The second-order valence-corrected chi connectivity index (χ2v) is 27.5. The molecule has 0 aromatic heterocycles. The van der Waals surface area contributed by atoms with Crippen LogP contribution in [-0.4, -0.2) is 184 Å². The SMILES string of the molecule is CC[C@H](C)[C@@H]([C@@H](CC(=O)N1CCC[C@H]1[C@H](OC)[C@@H](C)C(=O)C[C@H](C)[C@@H](O)c1ccccc1)OC)N(C)C(=O)[C@@H](CC(=O)[C@H](C(C)C)N(C)C(=O)OCc1ccc(NC(=O)[C@H](CCC(=O)O)CC(=O)[C@H](CCC(N)=O)NC(=O)[C@@H](CC(=O)CCN2C(=O)C=CC2=O)C(C)C)cc1)C(C)C. The van der Waals surface area contributed by atoms with Crippen LogP contribution >= 0.6 is 0 Å². The van der Waals surface area contributed by atoms with Crippen molar-refractivity contribution >= 4 is 82.2 Å². The zero-order valence-corrected chi connectivity index (χ0v) is 59.7. The fraction of sp³-hybridized carbons (Fsp3) is 0.630. The number of carbonyl (C=O) groups excluding carboxylic acids is 12. The number of nitrogens with zero attached hydrogens (tertiary/aromatic N) is 4. The number of likely N-dealkylation sites (tertiary alicyclic amines) is 1. The molecule has 542 valence electrons. The summed E-state index contributed by atoms with van der Waals surface area (Å²) in [5.41, 5.74) is 6.84. The summed E-state index contributed by atoms with van der Waals surface area (Å²) in [6.45, 7) is 18.2. The van der Waals surface area contributed by atoms with Crippen molar-refractivity contribution in [2.24, 2.45) is 59.0 Å². The number of primary amides is 1. The van der Waals surface area contributed by atoms with E-state index in [1.165, 1.54) is 38.3 Å². The number of aliphatic hydroxyl groups is 1. The van der Waals surface area contributed by atoms with Crippen LogP contribution in [0.1, 0.15) is 170 Å². The Balaban J connectivity index is 1.40. The van der Waals surface area contributed by atoms with Crippen molar-refractivity contribution in [3.05, 3.63) is 77.9 Å².